The van der Waals surface area contributed by atoms with E-state index in [0.717, 1.165) is 6.42 Å². The number of aromatic amines is 1. The maximum atomic E-state index is 12.1. The molecule has 1 aromatic rings. The summed E-state index contributed by atoms with van der Waals surface area (Å²) < 4.78 is 5.81. The Kier molecular flexibility index (Phi) is 5.67. The number of aromatic nitrogens is 4. The smallest absolute Gasteiger partial charge is 0.248 e. The Hall–Kier alpha value is -1.50. The van der Waals surface area contributed by atoms with Gasteiger partial charge < -0.3 is 9.64 Å². The highest BCUT2D eigenvalue weighted by atomic mass is 16.5. The van der Waals surface area contributed by atoms with Gasteiger partial charge in [0.1, 0.15) is 6.61 Å². The average molecular weight is 295 g/mol. The van der Waals surface area contributed by atoms with Crippen LogP contribution in [0.15, 0.2) is 0 Å². The minimum Gasteiger partial charge on any atom is -0.368 e. The minimum absolute atomic E-state index is 0.00289. The van der Waals surface area contributed by atoms with Gasteiger partial charge in [0.05, 0.1) is 6.10 Å². The van der Waals surface area contributed by atoms with Crippen molar-refractivity contribution in [3.05, 3.63) is 5.82 Å². The number of carbonyl (C=O) groups is 1. The summed E-state index contributed by atoms with van der Waals surface area (Å²) in [6, 6.07) is 0. The molecule has 1 aromatic heterocycles. The van der Waals surface area contributed by atoms with Crippen molar-refractivity contribution in [1.29, 1.82) is 0 Å². The molecule has 0 saturated heterocycles. The van der Waals surface area contributed by atoms with Crippen molar-refractivity contribution in [2.24, 2.45) is 5.92 Å². The monoisotopic (exact) mass is 295 g/mol. The van der Waals surface area contributed by atoms with E-state index in [4.69, 9.17) is 4.74 Å². The van der Waals surface area contributed by atoms with Gasteiger partial charge in [-0.25, -0.2) is 0 Å². The molecule has 7 nitrogen and oxygen atoms in total. The van der Waals surface area contributed by atoms with Crippen LogP contribution >= 0.6 is 0 Å². The van der Waals surface area contributed by atoms with Crippen molar-refractivity contribution in [3.63, 3.8) is 0 Å². The largest absolute Gasteiger partial charge is 0.368 e. The molecule has 21 heavy (non-hydrogen) atoms. The quantitative estimate of drug-likeness (QED) is 0.856. The summed E-state index contributed by atoms with van der Waals surface area (Å²) in [6.45, 7) is 4.89. The van der Waals surface area contributed by atoms with Crippen molar-refractivity contribution in [3.8, 4) is 0 Å². The van der Waals surface area contributed by atoms with Gasteiger partial charge >= 0.3 is 0 Å². The molecule has 2 rings (SSSR count). The number of nitrogens with zero attached hydrogens (tertiary/aromatic N) is 4. The number of ether oxygens (including phenoxy) is 1. The van der Waals surface area contributed by atoms with Gasteiger partial charge in [0.15, 0.2) is 5.82 Å². The van der Waals surface area contributed by atoms with E-state index in [9.17, 15) is 4.79 Å². The Morgan fingerprint density at radius 2 is 2.24 bits per heavy atom. The molecule has 1 N–H and O–H groups in total. The molecule has 7 heteroatoms. The summed E-state index contributed by atoms with van der Waals surface area (Å²) >= 11 is 0. The van der Waals surface area contributed by atoms with Crippen LogP contribution in [0.2, 0.25) is 0 Å². The Balaban J connectivity index is 1.74. The van der Waals surface area contributed by atoms with Gasteiger partial charge in [0.25, 0.3) is 0 Å². The fourth-order valence-corrected chi connectivity index (χ4v) is 2.79. The van der Waals surface area contributed by atoms with Gasteiger partial charge in [-0.15, -0.1) is 10.2 Å². The number of H-pyrrole nitrogens is 1. The Labute approximate surface area is 125 Å². The minimum atomic E-state index is 0.00289. The summed E-state index contributed by atoms with van der Waals surface area (Å²) in [5, 5.41) is 13.8. The fraction of sp³-hybridized carbons (Fsp3) is 0.857. The summed E-state index contributed by atoms with van der Waals surface area (Å²) in [7, 11) is 1.78. The number of carbonyl (C=O) groups excluding carboxylic acids is 1. The molecule has 1 fully saturated rings. The van der Waals surface area contributed by atoms with Gasteiger partial charge in [-0.1, -0.05) is 31.9 Å². The molecule has 1 aliphatic rings. The van der Waals surface area contributed by atoms with Crippen molar-refractivity contribution in [1.82, 2.24) is 25.5 Å². The molecule has 0 spiro atoms. The maximum absolute atomic E-state index is 12.1. The molecule has 1 amide bonds. The summed E-state index contributed by atoms with van der Waals surface area (Å²) in [4.78, 5) is 13.8. The first-order valence-electron chi connectivity index (χ1n) is 7.66. The molecule has 0 radical (unpaired) electrons. The topological polar surface area (TPSA) is 84.0 Å². The summed E-state index contributed by atoms with van der Waals surface area (Å²) in [5.74, 6) is 1.22. The molecular formula is C14H25N5O2. The second-order valence-corrected chi connectivity index (χ2v) is 6.06. The first kappa shape index (κ1) is 15.9. The molecule has 118 valence electrons. The zero-order valence-corrected chi connectivity index (χ0v) is 13.1. The van der Waals surface area contributed by atoms with Crippen LogP contribution in [-0.4, -0.2) is 57.7 Å². The number of hydrogen-bond donors (Lipinski definition) is 1. The third kappa shape index (κ3) is 4.49. The van der Waals surface area contributed by atoms with Crippen LogP contribution in [0.3, 0.4) is 0 Å². The molecule has 0 aliphatic heterocycles. The zero-order valence-electron chi connectivity index (χ0n) is 13.1. The van der Waals surface area contributed by atoms with Crippen LogP contribution in [0.25, 0.3) is 0 Å². The number of hydrogen-bond acceptors (Lipinski definition) is 5. The second kappa shape index (κ2) is 7.49. The molecule has 0 unspecified atom stereocenters. The highest BCUT2D eigenvalue weighted by Gasteiger charge is 2.24. The molecule has 1 heterocycles. The third-order valence-corrected chi connectivity index (χ3v) is 4.23. The van der Waals surface area contributed by atoms with E-state index in [2.05, 4.69) is 27.5 Å². The van der Waals surface area contributed by atoms with Crippen LogP contribution in [0.5, 0.6) is 0 Å². The zero-order chi connectivity index (χ0) is 15.2. The highest BCUT2D eigenvalue weighted by Crippen LogP contribution is 2.26. The Bertz CT molecular complexity index is 437. The first-order chi connectivity index (χ1) is 10.1. The van der Waals surface area contributed by atoms with E-state index in [0.29, 0.717) is 18.3 Å². The molecule has 0 bridgehead atoms. The molecule has 1 aliphatic carbocycles. The van der Waals surface area contributed by atoms with Crippen LogP contribution in [0.4, 0.5) is 0 Å². The average Bonchev–Trinajstić information content (AvgIpc) is 3.00. The van der Waals surface area contributed by atoms with Crippen molar-refractivity contribution < 1.29 is 9.53 Å². The fourth-order valence-electron chi connectivity index (χ4n) is 2.79. The lowest BCUT2D eigenvalue weighted by molar-refractivity contribution is -0.139. The standard InChI is InChI=1S/C14H25N5O2/c1-10-6-4-5-7-12(10)21-9-13(20)19(3)8-11(2)14-15-17-18-16-14/h10-12H,4-9H2,1-3H3,(H,15,16,17,18)/t10-,11-,12-/m1/s1. The van der Waals surface area contributed by atoms with E-state index in [1.807, 2.05) is 6.92 Å². The number of rotatable bonds is 6. The van der Waals surface area contributed by atoms with Crippen molar-refractivity contribution in [2.45, 2.75) is 51.6 Å². The van der Waals surface area contributed by atoms with Gasteiger partial charge in [0, 0.05) is 19.5 Å². The van der Waals surface area contributed by atoms with E-state index in [1.165, 1.54) is 19.3 Å². The second-order valence-electron chi connectivity index (χ2n) is 6.06. The molecule has 0 aromatic carbocycles. The first-order valence-corrected chi connectivity index (χ1v) is 7.66. The van der Waals surface area contributed by atoms with E-state index in [1.54, 1.807) is 11.9 Å². The highest BCUT2D eigenvalue weighted by molar-refractivity contribution is 5.77. The van der Waals surface area contributed by atoms with Crippen LogP contribution in [0, 0.1) is 5.92 Å². The Morgan fingerprint density at radius 3 is 2.90 bits per heavy atom. The van der Waals surface area contributed by atoms with Gasteiger partial charge in [-0.2, -0.15) is 5.21 Å². The molecular weight excluding hydrogens is 270 g/mol. The summed E-state index contributed by atoms with van der Waals surface area (Å²) in [6.07, 6.45) is 4.97. The van der Waals surface area contributed by atoms with E-state index >= 15 is 0 Å². The van der Waals surface area contributed by atoms with Gasteiger partial charge in [-0.05, 0) is 18.8 Å². The van der Waals surface area contributed by atoms with Crippen molar-refractivity contribution >= 4 is 5.91 Å². The van der Waals surface area contributed by atoms with Crippen molar-refractivity contribution in [2.75, 3.05) is 20.2 Å². The lowest BCUT2D eigenvalue weighted by Gasteiger charge is -2.29. The number of nitrogens with one attached hydrogen (secondary N) is 1. The normalized spacial score (nSPS) is 23.8. The van der Waals surface area contributed by atoms with E-state index in [-0.39, 0.29) is 24.5 Å². The lowest BCUT2D eigenvalue weighted by atomic mass is 9.88. The maximum Gasteiger partial charge on any atom is 0.248 e. The van der Waals surface area contributed by atoms with Crippen LogP contribution < -0.4 is 0 Å². The SMILES string of the molecule is C[C@H](CN(C)C(=O)CO[C@@H]1CCCC[C@H]1C)c1nn[nH]n1. The van der Waals surface area contributed by atoms with Crippen LogP contribution in [-0.2, 0) is 9.53 Å². The van der Waals surface area contributed by atoms with Crippen LogP contribution in [0.1, 0.15) is 51.3 Å². The van der Waals surface area contributed by atoms with Gasteiger partial charge in [-0.3, -0.25) is 4.79 Å². The predicted octanol–water partition coefficient (Wildman–Crippen LogP) is 1.36. The summed E-state index contributed by atoms with van der Waals surface area (Å²) in [5.41, 5.74) is 0. The molecule has 1 saturated carbocycles. The Morgan fingerprint density at radius 1 is 1.48 bits per heavy atom. The molecule has 3 atom stereocenters. The number of likely N-dealkylation sites (N-methyl/N-ethyl adjacent to an activating group) is 1. The number of tetrazole rings is 1. The lowest BCUT2D eigenvalue weighted by Crippen LogP contribution is -2.36. The number of amides is 1. The third-order valence-electron chi connectivity index (χ3n) is 4.23. The predicted molar refractivity (Wildman–Crippen MR) is 77.6 cm³/mol. The van der Waals surface area contributed by atoms with E-state index < -0.39 is 0 Å². The van der Waals surface area contributed by atoms with Gasteiger partial charge in [0.2, 0.25) is 5.91 Å².